The van der Waals surface area contributed by atoms with Crippen molar-refractivity contribution in [2.45, 2.75) is 20.8 Å². The molecule has 0 fully saturated rings. The monoisotopic (exact) mass is 280 g/mol. The molecule has 0 heterocycles. The van der Waals surface area contributed by atoms with E-state index >= 15 is 0 Å². The van der Waals surface area contributed by atoms with Gasteiger partial charge in [-0.25, -0.2) is 4.79 Å². The van der Waals surface area contributed by atoms with Crippen LogP contribution in [-0.4, -0.2) is 12.6 Å². The van der Waals surface area contributed by atoms with E-state index < -0.39 is 0 Å². The number of benzene rings is 2. The second-order valence-electron chi connectivity index (χ2n) is 4.97. The molecule has 2 heteroatoms. The lowest BCUT2D eigenvalue weighted by atomic mass is 9.98. The fourth-order valence-corrected chi connectivity index (χ4v) is 2.25. The van der Waals surface area contributed by atoms with Crippen LogP contribution in [0.15, 0.2) is 54.6 Å². The molecule has 0 aromatic heterocycles. The topological polar surface area (TPSA) is 26.3 Å². The van der Waals surface area contributed by atoms with Crippen LogP contribution in [0.5, 0.6) is 0 Å². The van der Waals surface area contributed by atoms with Crippen LogP contribution in [0.1, 0.15) is 25.0 Å². The van der Waals surface area contributed by atoms with E-state index in [-0.39, 0.29) is 5.97 Å². The summed E-state index contributed by atoms with van der Waals surface area (Å²) in [5.74, 6) is -0.294. The fraction of sp³-hybridized carbons (Fsp3) is 0.211. The van der Waals surface area contributed by atoms with Crippen molar-refractivity contribution in [3.63, 3.8) is 0 Å². The third-order valence-corrected chi connectivity index (χ3v) is 3.42. The highest BCUT2D eigenvalue weighted by Crippen LogP contribution is 2.25. The number of esters is 1. The average molecular weight is 280 g/mol. The molecule has 0 aliphatic rings. The van der Waals surface area contributed by atoms with Crippen molar-refractivity contribution < 1.29 is 9.53 Å². The molecule has 2 aromatic rings. The molecule has 21 heavy (non-hydrogen) atoms. The van der Waals surface area contributed by atoms with Gasteiger partial charge >= 0.3 is 5.97 Å². The molecule has 0 N–H and O–H groups in total. The molecule has 0 unspecified atom stereocenters. The van der Waals surface area contributed by atoms with Gasteiger partial charge in [0.15, 0.2) is 0 Å². The lowest BCUT2D eigenvalue weighted by molar-refractivity contribution is -0.137. The van der Waals surface area contributed by atoms with Crippen LogP contribution in [0.2, 0.25) is 0 Å². The highest BCUT2D eigenvalue weighted by Gasteiger charge is 2.03. The highest BCUT2D eigenvalue weighted by atomic mass is 16.5. The number of hydrogen-bond acceptors (Lipinski definition) is 2. The van der Waals surface area contributed by atoms with Crippen LogP contribution in [0.4, 0.5) is 0 Å². The van der Waals surface area contributed by atoms with Crippen LogP contribution in [0.3, 0.4) is 0 Å². The van der Waals surface area contributed by atoms with Crippen molar-refractivity contribution in [1.82, 2.24) is 0 Å². The Labute approximate surface area is 126 Å². The number of rotatable bonds is 4. The quantitative estimate of drug-likeness (QED) is 0.603. The largest absolute Gasteiger partial charge is 0.463 e. The standard InChI is InChI=1S/C19H20O2/c1-4-21-19(20)13-15(3)16-9-11-17(12-10-16)18-8-6-5-7-14(18)2/h5-13H,4H2,1-3H3. The first-order chi connectivity index (χ1) is 10.1. The number of ether oxygens (including phenoxy) is 1. The van der Waals surface area contributed by atoms with E-state index in [9.17, 15) is 4.79 Å². The maximum Gasteiger partial charge on any atom is 0.331 e. The van der Waals surface area contributed by atoms with Gasteiger partial charge in [0.25, 0.3) is 0 Å². The van der Waals surface area contributed by atoms with E-state index in [1.54, 1.807) is 6.92 Å². The summed E-state index contributed by atoms with van der Waals surface area (Å²) >= 11 is 0. The van der Waals surface area contributed by atoms with E-state index in [1.807, 2.05) is 31.2 Å². The van der Waals surface area contributed by atoms with Gasteiger partial charge in [-0.05, 0) is 48.6 Å². The summed E-state index contributed by atoms with van der Waals surface area (Å²) < 4.78 is 4.93. The SMILES string of the molecule is CCOC(=O)C=C(C)c1ccc(-c2ccccc2C)cc1. The van der Waals surface area contributed by atoms with Gasteiger partial charge in [0, 0.05) is 6.08 Å². The van der Waals surface area contributed by atoms with E-state index in [1.165, 1.54) is 22.8 Å². The molecule has 0 atom stereocenters. The Morgan fingerprint density at radius 3 is 2.38 bits per heavy atom. The Balaban J connectivity index is 2.23. The Hall–Kier alpha value is -2.35. The van der Waals surface area contributed by atoms with Gasteiger partial charge in [-0.1, -0.05) is 48.5 Å². The Kier molecular flexibility index (Phi) is 4.94. The predicted octanol–water partition coefficient (Wildman–Crippen LogP) is 4.63. The van der Waals surface area contributed by atoms with E-state index in [2.05, 4.69) is 31.2 Å². The molecular weight excluding hydrogens is 260 g/mol. The summed E-state index contributed by atoms with van der Waals surface area (Å²) in [6, 6.07) is 16.5. The van der Waals surface area contributed by atoms with Crippen LogP contribution in [0.25, 0.3) is 16.7 Å². The number of hydrogen-bond donors (Lipinski definition) is 0. The summed E-state index contributed by atoms with van der Waals surface area (Å²) in [5, 5.41) is 0. The third-order valence-electron chi connectivity index (χ3n) is 3.42. The minimum absolute atomic E-state index is 0.294. The summed E-state index contributed by atoms with van der Waals surface area (Å²) in [5.41, 5.74) is 5.60. The smallest absolute Gasteiger partial charge is 0.331 e. The Morgan fingerprint density at radius 1 is 1.10 bits per heavy atom. The molecule has 0 bridgehead atoms. The number of carbonyl (C=O) groups excluding carboxylic acids is 1. The summed E-state index contributed by atoms with van der Waals surface area (Å²) in [6.07, 6.45) is 1.53. The first-order valence-electron chi connectivity index (χ1n) is 7.13. The number of allylic oxidation sites excluding steroid dienone is 1. The van der Waals surface area contributed by atoms with Gasteiger partial charge in [-0.15, -0.1) is 0 Å². The fourth-order valence-electron chi connectivity index (χ4n) is 2.25. The average Bonchev–Trinajstić information content (AvgIpc) is 2.48. The molecule has 0 radical (unpaired) electrons. The van der Waals surface area contributed by atoms with E-state index in [0.717, 1.165) is 11.1 Å². The van der Waals surface area contributed by atoms with Crippen molar-refractivity contribution in [3.05, 3.63) is 65.7 Å². The van der Waals surface area contributed by atoms with Gasteiger partial charge in [0.05, 0.1) is 6.61 Å². The van der Waals surface area contributed by atoms with E-state index in [4.69, 9.17) is 4.74 Å². The summed E-state index contributed by atoms with van der Waals surface area (Å²) in [7, 11) is 0. The normalized spacial score (nSPS) is 11.3. The molecule has 108 valence electrons. The first-order valence-corrected chi connectivity index (χ1v) is 7.13. The Morgan fingerprint density at radius 2 is 1.76 bits per heavy atom. The van der Waals surface area contributed by atoms with E-state index in [0.29, 0.717) is 6.61 Å². The van der Waals surface area contributed by atoms with Crippen molar-refractivity contribution >= 4 is 11.5 Å². The summed E-state index contributed by atoms with van der Waals surface area (Å²) in [4.78, 5) is 11.5. The van der Waals surface area contributed by atoms with Gasteiger partial charge in [0.2, 0.25) is 0 Å². The molecule has 2 nitrogen and oxygen atoms in total. The second-order valence-corrected chi connectivity index (χ2v) is 4.97. The van der Waals surface area contributed by atoms with Gasteiger partial charge in [-0.2, -0.15) is 0 Å². The number of carbonyl (C=O) groups is 1. The van der Waals surface area contributed by atoms with Gasteiger partial charge in [0.1, 0.15) is 0 Å². The molecule has 0 aliphatic heterocycles. The number of aryl methyl sites for hydroxylation is 1. The van der Waals surface area contributed by atoms with Crippen LogP contribution >= 0.6 is 0 Å². The van der Waals surface area contributed by atoms with Crippen molar-refractivity contribution in [1.29, 1.82) is 0 Å². The van der Waals surface area contributed by atoms with Crippen molar-refractivity contribution in [2.75, 3.05) is 6.61 Å². The van der Waals surface area contributed by atoms with Gasteiger partial charge < -0.3 is 4.74 Å². The molecule has 0 saturated heterocycles. The zero-order chi connectivity index (χ0) is 15.2. The molecule has 0 spiro atoms. The zero-order valence-corrected chi connectivity index (χ0v) is 12.7. The minimum Gasteiger partial charge on any atom is -0.463 e. The second kappa shape index (κ2) is 6.89. The summed E-state index contributed by atoms with van der Waals surface area (Å²) in [6.45, 7) is 6.22. The molecule has 0 amide bonds. The Bertz CT molecular complexity index is 652. The molecule has 0 saturated carbocycles. The molecular formula is C19H20O2. The first kappa shape index (κ1) is 15.0. The zero-order valence-electron chi connectivity index (χ0n) is 12.7. The maximum absolute atomic E-state index is 11.5. The van der Waals surface area contributed by atoms with Crippen LogP contribution in [-0.2, 0) is 9.53 Å². The molecule has 0 aliphatic carbocycles. The lowest BCUT2D eigenvalue weighted by Gasteiger charge is -2.07. The van der Waals surface area contributed by atoms with Crippen molar-refractivity contribution in [2.24, 2.45) is 0 Å². The molecule has 2 rings (SSSR count). The van der Waals surface area contributed by atoms with Crippen LogP contribution < -0.4 is 0 Å². The maximum atomic E-state index is 11.5. The highest BCUT2D eigenvalue weighted by molar-refractivity contribution is 5.91. The minimum atomic E-state index is -0.294. The van der Waals surface area contributed by atoms with Crippen molar-refractivity contribution in [3.8, 4) is 11.1 Å². The lowest BCUT2D eigenvalue weighted by Crippen LogP contribution is -2.00. The predicted molar refractivity (Wildman–Crippen MR) is 86.9 cm³/mol. The van der Waals surface area contributed by atoms with Gasteiger partial charge in [-0.3, -0.25) is 0 Å². The molecule has 2 aromatic carbocycles. The third kappa shape index (κ3) is 3.82. The van der Waals surface area contributed by atoms with Crippen LogP contribution in [0, 0.1) is 6.92 Å².